The number of amides is 1. The molecule has 0 spiro atoms. The summed E-state index contributed by atoms with van der Waals surface area (Å²) in [6, 6.07) is 3.47. The molecule has 0 aromatic heterocycles. The van der Waals surface area contributed by atoms with Crippen LogP contribution >= 0.6 is 12.6 Å². The van der Waals surface area contributed by atoms with Gasteiger partial charge in [-0.05, 0) is 32.4 Å². The van der Waals surface area contributed by atoms with Crippen molar-refractivity contribution in [2.75, 3.05) is 19.5 Å². The van der Waals surface area contributed by atoms with E-state index >= 15 is 0 Å². The maximum absolute atomic E-state index is 11.8. The number of carbonyl (C=O) groups excluding carboxylic acids is 1. The van der Waals surface area contributed by atoms with Crippen molar-refractivity contribution in [2.24, 2.45) is 0 Å². The molecule has 1 rings (SSSR count). The van der Waals surface area contributed by atoms with E-state index in [1.165, 1.54) is 7.11 Å². The van der Waals surface area contributed by atoms with Gasteiger partial charge in [0.1, 0.15) is 5.60 Å². The number of ether oxygens (including phenoxy) is 3. The van der Waals surface area contributed by atoms with Crippen LogP contribution in [0.2, 0.25) is 0 Å². The summed E-state index contributed by atoms with van der Waals surface area (Å²) >= 11 is 4.25. The van der Waals surface area contributed by atoms with Crippen molar-refractivity contribution in [1.29, 1.82) is 0 Å². The van der Waals surface area contributed by atoms with Gasteiger partial charge >= 0.3 is 6.09 Å². The van der Waals surface area contributed by atoms with Crippen molar-refractivity contribution >= 4 is 24.4 Å². The molecule has 0 atom stereocenters. The second kappa shape index (κ2) is 6.74. The molecule has 0 aliphatic heterocycles. The minimum atomic E-state index is -0.554. The van der Waals surface area contributed by atoms with Crippen LogP contribution in [0.4, 0.5) is 10.5 Å². The van der Waals surface area contributed by atoms with Crippen molar-refractivity contribution in [3.05, 3.63) is 17.7 Å². The van der Waals surface area contributed by atoms with Crippen molar-refractivity contribution < 1.29 is 19.0 Å². The molecule has 0 bridgehead atoms. The molecule has 0 heterocycles. The summed E-state index contributed by atoms with van der Waals surface area (Å²) in [5.41, 5.74) is 0.852. The molecule has 1 amide bonds. The molecule has 1 aromatic rings. The lowest BCUT2D eigenvalue weighted by molar-refractivity contribution is 0.0636. The number of anilines is 1. The lowest BCUT2D eigenvalue weighted by Crippen LogP contribution is -2.27. The first kappa shape index (κ1) is 16.5. The molecular weight excluding hydrogens is 278 g/mol. The monoisotopic (exact) mass is 299 g/mol. The Balaban J connectivity index is 3.02. The van der Waals surface area contributed by atoms with Crippen LogP contribution < -0.4 is 14.8 Å². The Morgan fingerprint density at radius 3 is 2.20 bits per heavy atom. The second-order valence-electron chi connectivity index (χ2n) is 5.15. The molecule has 1 aromatic carbocycles. The van der Waals surface area contributed by atoms with Crippen LogP contribution in [0.3, 0.4) is 0 Å². The molecule has 6 heteroatoms. The lowest BCUT2D eigenvalue weighted by atomic mass is 10.1. The van der Waals surface area contributed by atoms with E-state index in [1.54, 1.807) is 40.0 Å². The van der Waals surface area contributed by atoms with Crippen LogP contribution in [0.1, 0.15) is 26.3 Å². The van der Waals surface area contributed by atoms with Gasteiger partial charge in [-0.25, -0.2) is 4.79 Å². The van der Waals surface area contributed by atoms with Gasteiger partial charge in [-0.2, -0.15) is 12.6 Å². The van der Waals surface area contributed by atoms with Crippen molar-refractivity contribution in [3.63, 3.8) is 0 Å². The first-order valence-corrected chi connectivity index (χ1v) is 6.79. The van der Waals surface area contributed by atoms with E-state index in [2.05, 4.69) is 17.9 Å². The van der Waals surface area contributed by atoms with Gasteiger partial charge in [0.2, 0.25) is 0 Å². The van der Waals surface area contributed by atoms with Crippen LogP contribution in [0.25, 0.3) is 0 Å². The third kappa shape index (κ3) is 4.52. The number of rotatable bonds is 4. The third-order valence-electron chi connectivity index (χ3n) is 2.42. The smallest absolute Gasteiger partial charge is 0.412 e. The number of hydrogen-bond acceptors (Lipinski definition) is 5. The molecular formula is C14H21NO4S. The molecule has 0 aliphatic carbocycles. The van der Waals surface area contributed by atoms with Gasteiger partial charge in [-0.3, -0.25) is 5.32 Å². The fourth-order valence-electron chi connectivity index (χ4n) is 1.58. The summed E-state index contributed by atoms with van der Waals surface area (Å²) in [7, 11) is 3.09. The first-order chi connectivity index (χ1) is 9.30. The predicted octanol–water partition coefficient (Wildman–Crippen LogP) is 3.48. The zero-order valence-corrected chi connectivity index (χ0v) is 13.3. The number of nitrogens with one attached hydrogen (secondary N) is 1. The summed E-state index contributed by atoms with van der Waals surface area (Å²) in [4.78, 5) is 11.8. The Bertz CT molecular complexity index is 483. The number of thiol groups is 1. The van der Waals surface area contributed by atoms with Gasteiger partial charge in [-0.1, -0.05) is 0 Å². The Kier molecular flexibility index (Phi) is 5.56. The minimum absolute atomic E-state index is 0.450. The fraction of sp³-hybridized carbons (Fsp3) is 0.500. The summed E-state index contributed by atoms with van der Waals surface area (Å²) in [6.45, 7) is 5.42. The molecule has 0 unspecified atom stereocenters. The van der Waals surface area contributed by atoms with Crippen molar-refractivity contribution in [3.8, 4) is 11.5 Å². The third-order valence-corrected chi connectivity index (χ3v) is 2.76. The normalized spacial score (nSPS) is 10.9. The Morgan fingerprint density at radius 1 is 1.20 bits per heavy atom. The molecule has 0 fully saturated rings. The number of carbonyl (C=O) groups is 1. The average molecular weight is 299 g/mol. The molecule has 0 radical (unpaired) electrons. The number of hydrogen-bond donors (Lipinski definition) is 2. The average Bonchev–Trinajstić information content (AvgIpc) is 2.35. The predicted molar refractivity (Wildman–Crippen MR) is 82.1 cm³/mol. The Morgan fingerprint density at radius 2 is 1.75 bits per heavy atom. The summed E-state index contributed by atoms with van der Waals surface area (Å²) in [5.74, 6) is 1.57. The van der Waals surface area contributed by atoms with Crippen molar-refractivity contribution in [1.82, 2.24) is 0 Å². The van der Waals surface area contributed by atoms with Gasteiger partial charge in [-0.15, -0.1) is 0 Å². The highest BCUT2D eigenvalue weighted by Gasteiger charge is 2.18. The molecule has 0 saturated heterocycles. The number of methoxy groups -OCH3 is 2. The van der Waals surface area contributed by atoms with Crippen LogP contribution in [0.15, 0.2) is 12.1 Å². The zero-order chi connectivity index (χ0) is 15.3. The quantitative estimate of drug-likeness (QED) is 0.836. The van der Waals surface area contributed by atoms with Gasteiger partial charge in [0.15, 0.2) is 11.5 Å². The highest BCUT2D eigenvalue weighted by Crippen LogP contribution is 2.34. The van der Waals surface area contributed by atoms with Gasteiger partial charge in [0.25, 0.3) is 0 Å². The Hall–Kier alpha value is -1.56. The molecule has 20 heavy (non-hydrogen) atoms. The fourth-order valence-corrected chi connectivity index (χ4v) is 1.84. The highest BCUT2D eigenvalue weighted by molar-refractivity contribution is 7.79. The van der Waals surface area contributed by atoms with Gasteiger partial charge < -0.3 is 14.2 Å². The topological polar surface area (TPSA) is 56.8 Å². The first-order valence-electron chi connectivity index (χ1n) is 6.16. The molecule has 5 nitrogen and oxygen atoms in total. The van der Waals surface area contributed by atoms with Crippen LogP contribution in [0.5, 0.6) is 11.5 Å². The lowest BCUT2D eigenvalue weighted by Gasteiger charge is -2.21. The van der Waals surface area contributed by atoms with Crippen LogP contribution in [-0.2, 0) is 10.5 Å². The van der Waals surface area contributed by atoms with E-state index in [4.69, 9.17) is 14.2 Å². The standard InChI is InChI=1S/C14H21NO4S/c1-14(2,3)19-13(16)15-10-7-12(18-5)11(17-4)6-9(10)8-20/h6-7,20H,8H2,1-5H3,(H,15,16). The summed E-state index contributed by atoms with van der Waals surface area (Å²) < 4.78 is 15.7. The van der Waals surface area contributed by atoms with Crippen LogP contribution in [0, 0.1) is 0 Å². The molecule has 112 valence electrons. The van der Waals surface area contributed by atoms with E-state index in [-0.39, 0.29) is 0 Å². The Labute approximate surface area is 125 Å². The van der Waals surface area contributed by atoms with Gasteiger partial charge in [0.05, 0.1) is 19.9 Å². The highest BCUT2D eigenvalue weighted by atomic mass is 32.1. The number of benzene rings is 1. The van der Waals surface area contributed by atoms with E-state index in [0.717, 1.165) is 5.56 Å². The van der Waals surface area contributed by atoms with E-state index < -0.39 is 11.7 Å². The maximum Gasteiger partial charge on any atom is 0.412 e. The molecule has 1 N–H and O–H groups in total. The molecule has 0 aliphatic rings. The zero-order valence-electron chi connectivity index (χ0n) is 12.4. The van der Waals surface area contributed by atoms with Crippen LogP contribution in [-0.4, -0.2) is 25.9 Å². The van der Waals surface area contributed by atoms with E-state index in [9.17, 15) is 4.79 Å². The maximum atomic E-state index is 11.8. The van der Waals surface area contributed by atoms with E-state index in [0.29, 0.717) is 22.9 Å². The van der Waals surface area contributed by atoms with Gasteiger partial charge in [0, 0.05) is 11.8 Å². The minimum Gasteiger partial charge on any atom is -0.493 e. The second-order valence-corrected chi connectivity index (χ2v) is 5.47. The summed E-state index contributed by atoms with van der Waals surface area (Å²) in [6.07, 6.45) is -0.521. The van der Waals surface area contributed by atoms with Crippen molar-refractivity contribution in [2.45, 2.75) is 32.1 Å². The molecule has 0 saturated carbocycles. The van der Waals surface area contributed by atoms with E-state index in [1.807, 2.05) is 0 Å². The largest absolute Gasteiger partial charge is 0.493 e. The SMILES string of the molecule is COc1cc(CS)c(NC(=O)OC(C)(C)C)cc1OC. The summed E-state index contributed by atoms with van der Waals surface area (Å²) in [5, 5.41) is 2.70.